The van der Waals surface area contributed by atoms with Crippen molar-refractivity contribution >= 4 is 16.6 Å². The van der Waals surface area contributed by atoms with Gasteiger partial charge in [-0.15, -0.1) is 0 Å². The number of aliphatic hydroxyl groups excluding tert-OH is 2. The molecule has 2 aromatic rings. The second kappa shape index (κ2) is 5.68. The average Bonchev–Trinajstić information content (AvgIpc) is 3.06. The molecule has 22 heavy (non-hydrogen) atoms. The quantitative estimate of drug-likeness (QED) is 0.662. The number of ether oxygens (including phenoxy) is 1. The van der Waals surface area contributed by atoms with Gasteiger partial charge in [-0.25, -0.2) is 0 Å². The van der Waals surface area contributed by atoms with E-state index >= 15 is 0 Å². The van der Waals surface area contributed by atoms with Crippen molar-refractivity contribution in [2.75, 3.05) is 6.61 Å². The van der Waals surface area contributed by atoms with E-state index in [2.05, 4.69) is 0 Å². The number of fused-ring (bicyclic) bond motifs is 1. The second-order valence-electron chi connectivity index (χ2n) is 5.49. The first kappa shape index (κ1) is 15.0. The standard InChI is InChI=1S/C15H18N2O5/c1-2-9-7-16(15-6-13(19)14(8-18)22-15)12-4-3-10(17(20)21)5-11(9)12/h3-5,7,13-15,18-19H,2,6,8H2,1H3. The molecule has 2 heterocycles. The Morgan fingerprint density at radius 3 is 2.86 bits per heavy atom. The number of nitro groups is 1. The largest absolute Gasteiger partial charge is 0.394 e. The third kappa shape index (κ3) is 2.37. The van der Waals surface area contributed by atoms with Crippen LogP contribution in [0, 0.1) is 10.1 Å². The van der Waals surface area contributed by atoms with Gasteiger partial charge < -0.3 is 19.5 Å². The van der Waals surface area contributed by atoms with E-state index in [9.17, 15) is 20.3 Å². The lowest BCUT2D eigenvalue weighted by molar-refractivity contribution is -0.384. The number of hydrogen-bond acceptors (Lipinski definition) is 5. The van der Waals surface area contributed by atoms with Crippen LogP contribution >= 0.6 is 0 Å². The summed E-state index contributed by atoms with van der Waals surface area (Å²) < 4.78 is 7.57. The zero-order valence-corrected chi connectivity index (χ0v) is 12.2. The van der Waals surface area contributed by atoms with Crippen LogP contribution in [0.2, 0.25) is 0 Å². The molecule has 1 aromatic heterocycles. The van der Waals surface area contributed by atoms with Crippen molar-refractivity contribution in [2.45, 2.75) is 38.2 Å². The van der Waals surface area contributed by atoms with E-state index in [0.717, 1.165) is 22.9 Å². The minimum Gasteiger partial charge on any atom is -0.394 e. The molecule has 118 valence electrons. The van der Waals surface area contributed by atoms with Crippen LogP contribution in [-0.4, -0.2) is 38.5 Å². The normalized spacial score (nSPS) is 25.0. The van der Waals surface area contributed by atoms with Crippen molar-refractivity contribution in [1.29, 1.82) is 0 Å². The summed E-state index contributed by atoms with van der Waals surface area (Å²) in [6.07, 6.45) is 1.35. The Labute approximate surface area is 126 Å². The zero-order chi connectivity index (χ0) is 15.9. The van der Waals surface area contributed by atoms with Gasteiger partial charge >= 0.3 is 0 Å². The molecule has 1 saturated heterocycles. The van der Waals surface area contributed by atoms with E-state index in [1.165, 1.54) is 6.07 Å². The molecule has 1 fully saturated rings. The molecular weight excluding hydrogens is 288 g/mol. The maximum absolute atomic E-state index is 10.9. The molecule has 0 bridgehead atoms. The lowest BCUT2D eigenvalue weighted by Crippen LogP contribution is -2.24. The summed E-state index contributed by atoms with van der Waals surface area (Å²) in [5.41, 5.74) is 1.88. The van der Waals surface area contributed by atoms with Crippen molar-refractivity contribution < 1.29 is 19.9 Å². The highest BCUT2D eigenvalue weighted by Gasteiger charge is 2.35. The maximum Gasteiger partial charge on any atom is 0.270 e. The highest BCUT2D eigenvalue weighted by molar-refractivity contribution is 5.86. The number of rotatable bonds is 4. The molecular formula is C15H18N2O5. The van der Waals surface area contributed by atoms with Crippen LogP contribution in [0.1, 0.15) is 25.1 Å². The van der Waals surface area contributed by atoms with Crippen LogP contribution in [-0.2, 0) is 11.2 Å². The lowest BCUT2D eigenvalue weighted by Gasteiger charge is -2.14. The first-order chi connectivity index (χ1) is 10.5. The molecule has 3 unspecified atom stereocenters. The van der Waals surface area contributed by atoms with Gasteiger partial charge in [0.2, 0.25) is 0 Å². The number of benzene rings is 1. The van der Waals surface area contributed by atoms with Crippen molar-refractivity contribution in [3.63, 3.8) is 0 Å². The Balaban J connectivity index is 2.06. The molecule has 7 nitrogen and oxygen atoms in total. The Bertz CT molecular complexity index is 711. The predicted molar refractivity (Wildman–Crippen MR) is 79.6 cm³/mol. The fourth-order valence-electron chi connectivity index (χ4n) is 3.00. The van der Waals surface area contributed by atoms with Gasteiger partial charge in [0, 0.05) is 30.1 Å². The smallest absolute Gasteiger partial charge is 0.270 e. The molecule has 2 N–H and O–H groups in total. The highest BCUT2D eigenvalue weighted by atomic mass is 16.6. The number of nitro benzene ring substituents is 1. The Morgan fingerprint density at radius 1 is 1.50 bits per heavy atom. The summed E-state index contributed by atoms with van der Waals surface area (Å²) in [7, 11) is 0. The van der Waals surface area contributed by atoms with Gasteiger partial charge in [0.25, 0.3) is 5.69 Å². The summed E-state index contributed by atoms with van der Waals surface area (Å²) in [5, 5.41) is 30.8. The first-order valence-electron chi connectivity index (χ1n) is 7.27. The summed E-state index contributed by atoms with van der Waals surface area (Å²) in [6, 6.07) is 4.74. The van der Waals surface area contributed by atoms with Gasteiger partial charge in [-0.3, -0.25) is 10.1 Å². The molecule has 0 radical (unpaired) electrons. The van der Waals surface area contributed by atoms with Gasteiger partial charge in [-0.1, -0.05) is 6.92 Å². The number of aliphatic hydroxyl groups is 2. The third-order valence-electron chi connectivity index (χ3n) is 4.19. The van der Waals surface area contributed by atoms with Crippen molar-refractivity contribution in [3.8, 4) is 0 Å². The van der Waals surface area contributed by atoms with E-state index < -0.39 is 17.1 Å². The molecule has 0 amide bonds. The number of hydrogen-bond donors (Lipinski definition) is 2. The summed E-state index contributed by atoms with van der Waals surface area (Å²) >= 11 is 0. The number of aryl methyl sites for hydroxylation is 1. The number of nitrogens with zero attached hydrogens (tertiary/aromatic N) is 2. The van der Waals surface area contributed by atoms with Crippen molar-refractivity contribution in [1.82, 2.24) is 4.57 Å². The molecule has 0 saturated carbocycles. The summed E-state index contributed by atoms with van der Waals surface area (Å²) in [4.78, 5) is 10.5. The van der Waals surface area contributed by atoms with E-state index in [4.69, 9.17) is 4.74 Å². The van der Waals surface area contributed by atoms with E-state index in [0.29, 0.717) is 6.42 Å². The molecule has 1 aliphatic rings. The molecule has 3 rings (SSSR count). The van der Waals surface area contributed by atoms with E-state index in [-0.39, 0.29) is 18.5 Å². The van der Waals surface area contributed by atoms with Crippen molar-refractivity contribution in [3.05, 3.63) is 40.1 Å². The topological polar surface area (TPSA) is 97.8 Å². The van der Waals surface area contributed by atoms with Gasteiger partial charge in [0.05, 0.1) is 23.2 Å². The molecule has 0 spiro atoms. The van der Waals surface area contributed by atoms with Crippen LogP contribution in [0.3, 0.4) is 0 Å². The summed E-state index contributed by atoms with van der Waals surface area (Å²) in [5.74, 6) is 0. The predicted octanol–water partition coefficient (Wildman–Crippen LogP) is 1.75. The van der Waals surface area contributed by atoms with Gasteiger partial charge in [0.1, 0.15) is 12.3 Å². The molecule has 7 heteroatoms. The molecule has 1 aliphatic heterocycles. The maximum atomic E-state index is 10.9. The van der Waals surface area contributed by atoms with Crippen LogP contribution in [0.5, 0.6) is 0 Å². The Morgan fingerprint density at radius 2 is 2.27 bits per heavy atom. The number of aromatic nitrogens is 1. The number of non-ortho nitro benzene ring substituents is 1. The minimum absolute atomic E-state index is 0.0561. The van der Waals surface area contributed by atoms with Crippen LogP contribution < -0.4 is 0 Å². The van der Waals surface area contributed by atoms with Gasteiger partial charge in [0.15, 0.2) is 0 Å². The SMILES string of the molecule is CCc1cn(C2CC(O)C(CO)O2)c2ccc([N+](=O)[O-])cc12. The fourth-order valence-corrected chi connectivity index (χ4v) is 3.00. The van der Waals surface area contributed by atoms with Crippen LogP contribution in [0.15, 0.2) is 24.4 Å². The van der Waals surface area contributed by atoms with E-state index in [1.807, 2.05) is 17.7 Å². The lowest BCUT2D eigenvalue weighted by atomic mass is 10.1. The Kier molecular flexibility index (Phi) is 3.86. The molecule has 3 atom stereocenters. The molecule has 0 aliphatic carbocycles. The monoisotopic (exact) mass is 306 g/mol. The Hall–Kier alpha value is -1.96. The first-order valence-corrected chi connectivity index (χ1v) is 7.27. The third-order valence-corrected chi connectivity index (χ3v) is 4.19. The van der Waals surface area contributed by atoms with Gasteiger partial charge in [-0.05, 0) is 18.1 Å². The fraction of sp³-hybridized carbons (Fsp3) is 0.467. The summed E-state index contributed by atoms with van der Waals surface area (Å²) in [6.45, 7) is 1.75. The second-order valence-corrected chi connectivity index (χ2v) is 5.49. The van der Waals surface area contributed by atoms with Gasteiger partial charge in [-0.2, -0.15) is 0 Å². The van der Waals surface area contributed by atoms with E-state index in [1.54, 1.807) is 12.1 Å². The zero-order valence-electron chi connectivity index (χ0n) is 12.2. The average molecular weight is 306 g/mol. The van der Waals surface area contributed by atoms with Crippen LogP contribution in [0.25, 0.3) is 10.9 Å². The minimum atomic E-state index is -0.712. The highest BCUT2D eigenvalue weighted by Crippen LogP contribution is 2.34. The van der Waals surface area contributed by atoms with Crippen molar-refractivity contribution in [2.24, 2.45) is 0 Å². The molecule has 1 aromatic carbocycles. The van der Waals surface area contributed by atoms with Crippen LogP contribution in [0.4, 0.5) is 5.69 Å².